The number of carbonyl (C=O) groups excluding carboxylic acids is 2. The lowest BCUT2D eigenvalue weighted by Crippen LogP contribution is -2.47. The Hall–Kier alpha value is -2.74. The van der Waals surface area contributed by atoms with Crippen LogP contribution in [0.25, 0.3) is 0 Å². The number of hydrazine groups is 1. The first-order valence-corrected chi connectivity index (χ1v) is 8.47. The van der Waals surface area contributed by atoms with Crippen LogP contribution < -0.4 is 25.1 Å². The second-order valence-electron chi connectivity index (χ2n) is 5.26. The van der Waals surface area contributed by atoms with Gasteiger partial charge in [0, 0.05) is 16.1 Å². The minimum Gasteiger partial charge on any atom is -0.497 e. The average Bonchev–Trinajstić information content (AvgIpc) is 2.65. The Balaban J connectivity index is 1.95. The Morgan fingerprint density at radius 1 is 0.962 bits per heavy atom. The molecule has 0 fully saturated rings. The molecule has 0 aliphatic rings. The molecule has 0 aliphatic heterocycles. The van der Waals surface area contributed by atoms with Gasteiger partial charge in [0.1, 0.15) is 17.2 Å². The van der Waals surface area contributed by atoms with E-state index in [1.165, 1.54) is 26.4 Å². The lowest BCUT2D eigenvalue weighted by atomic mass is 10.2. The summed E-state index contributed by atoms with van der Waals surface area (Å²) in [5.74, 6) is 0.462. The standard InChI is InChI=1S/C18H19BrN2O5/c1-11(26-14-6-4-5-13(19)9-14)17(22)20-21-18(23)12-7-15(24-2)10-16(8-12)25-3/h4-11H,1-3H3,(H,20,22)(H,21,23)/t11-/m0/s1. The van der Waals surface area contributed by atoms with Gasteiger partial charge in [0.25, 0.3) is 11.8 Å². The number of nitrogens with one attached hydrogen (secondary N) is 2. The Labute approximate surface area is 159 Å². The molecule has 0 unspecified atom stereocenters. The predicted molar refractivity (Wildman–Crippen MR) is 99.4 cm³/mol. The first kappa shape index (κ1) is 19.6. The Morgan fingerprint density at radius 3 is 2.19 bits per heavy atom. The molecular weight excluding hydrogens is 404 g/mol. The van der Waals surface area contributed by atoms with E-state index in [1.807, 2.05) is 6.07 Å². The van der Waals surface area contributed by atoms with Gasteiger partial charge in [-0.3, -0.25) is 20.4 Å². The van der Waals surface area contributed by atoms with E-state index in [9.17, 15) is 9.59 Å². The number of carbonyl (C=O) groups is 2. The van der Waals surface area contributed by atoms with Crippen molar-refractivity contribution in [3.8, 4) is 17.2 Å². The number of hydrogen-bond acceptors (Lipinski definition) is 5. The van der Waals surface area contributed by atoms with E-state index >= 15 is 0 Å². The monoisotopic (exact) mass is 422 g/mol. The van der Waals surface area contributed by atoms with Crippen molar-refractivity contribution in [1.29, 1.82) is 0 Å². The van der Waals surface area contributed by atoms with Crippen molar-refractivity contribution in [2.45, 2.75) is 13.0 Å². The normalized spacial score (nSPS) is 11.2. The molecule has 2 N–H and O–H groups in total. The minimum absolute atomic E-state index is 0.280. The highest BCUT2D eigenvalue weighted by atomic mass is 79.9. The number of benzene rings is 2. The molecule has 0 radical (unpaired) electrons. The molecule has 7 nitrogen and oxygen atoms in total. The maximum absolute atomic E-state index is 12.2. The lowest BCUT2D eigenvalue weighted by Gasteiger charge is -2.15. The van der Waals surface area contributed by atoms with Gasteiger partial charge in [-0.1, -0.05) is 22.0 Å². The summed E-state index contributed by atoms with van der Waals surface area (Å²) in [6, 6.07) is 11.8. The third-order valence-electron chi connectivity index (χ3n) is 3.39. The van der Waals surface area contributed by atoms with Gasteiger partial charge in [0.2, 0.25) is 0 Å². The maximum atomic E-state index is 12.2. The molecule has 26 heavy (non-hydrogen) atoms. The predicted octanol–water partition coefficient (Wildman–Crippen LogP) is 2.69. The van der Waals surface area contributed by atoms with Crippen LogP contribution in [0.4, 0.5) is 0 Å². The second-order valence-corrected chi connectivity index (χ2v) is 6.18. The van der Waals surface area contributed by atoms with E-state index in [1.54, 1.807) is 31.2 Å². The molecule has 0 aromatic heterocycles. The molecule has 0 heterocycles. The summed E-state index contributed by atoms with van der Waals surface area (Å²) in [6.07, 6.45) is -0.801. The van der Waals surface area contributed by atoms with Crippen molar-refractivity contribution < 1.29 is 23.8 Å². The average molecular weight is 423 g/mol. The summed E-state index contributed by atoms with van der Waals surface area (Å²) >= 11 is 3.33. The van der Waals surface area contributed by atoms with Gasteiger partial charge in [-0.2, -0.15) is 0 Å². The molecule has 0 bridgehead atoms. The van der Waals surface area contributed by atoms with Crippen molar-refractivity contribution in [3.63, 3.8) is 0 Å². The van der Waals surface area contributed by atoms with E-state index in [-0.39, 0.29) is 5.56 Å². The van der Waals surface area contributed by atoms with Crippen LogP contribution in [0.1, 0.15) is 17.3 Å². The van der Waals surface area contributed by atoms with Gasteiger partial charge in [0.05, 0.1) is 14.2 Å². The van der Waals surface area contributed by atoms with Crippen LogP contribution in [0.3, 0.4) is 0 Å². The topological polar surface area (TPSA) is 85.9 Å². The molecule has 0 saturated carbocycles. The van der Waals surface area contributed by atoms with Gasteiger partial charge in [-0.25, -0.2) is 0 Å². The van der Waals surface area contributed by atoms with Crippen LogP contribution in [0.2, 0.25) is 0 Å². The fraction of sp³-hybridized carbons (Fsp3) is 0.222. The lowest BCUT2D eigenvalue weighted by molar-refractivity contribution is -0.128. The first-order valence-electron chi connectivity index (χ1n) is 7.68. The Morgan fingerprint density at radius 2 is 1.62 bits per heavy atom. The number of amides is 2. The van der Waals surface area contributed by atoms with Crippen LogP contribution >= 0.6 is 15.9 Å². The number of rotatable bonds is 6. The molecule has 2 aromatic carbocycles. The van der Waals surface area contributed by atoms with Crippen LogP contribution in [-0.4, -0.2) is 32.1 Å². The van der Waals surface area contributed by atoms with Crippen molar-refractivity contribution in [2.75, 3.05) is 14.2 Å². The molecule has 0 aliphatic carbocycles. The fourth-order valence-electron chi connectivity index (χ4n) is 2.03. The summed E-state index contributed by atoms with van der Waals surface area (Å²) in [5.41, 5.74) is 4.95. The molecule has 0 spiro atoms. The van der Waals surface area contributed by atoms with Crippen LogP contribution in [0.5, 0.6) is 17.2 Å². The quantitative estimate of drug-likeness (QED) is 0.698. The summed E-state index contributed by atoms with van der Waals surface area (Å²) in [4.78, 5) is 24.3. The molecule has 0 saturated heterocycles. The largest absolute Gasteiger partial charge is 0.497 e. The van der Waals surface area contributed by atoms with Gasteiger partial charge in [-0.15, -0.1) is 0 Å². The van der Waals surface area contributed by atoms with Crippen molar-refractivity contribution in [2.24, 2.45) is 0 Å². The zero-order valence-corrected chi connectivity index (χ0v) is 16.1. The number of hydrogen-bond donors (Lipinski definition) is 2. The first-order chi connectivity index (χ1) is 12.4. The third-order valence-corrected chi connectivity index (χ3v) is 3.88. The van der Waals surface area contributed by atoms with Gasteiger partial charge < -0.3 is 14.2 Å². The van der Waals surface area contributed by atoms with Crippen molar-refractivity contribution >= 4 is 27.7 Å². The third kappa shape index (κ3) is 5.38. The summed E-state index contributed by atoms with van der Waals surface area (Å²) < 4.78 is 16.6. The molecule has 138 valence electrons. The molecule has 8 heteroatoms. The summed E-state index contributed by atoms with van der Waals surface area (Å²) in [5, 5.41) is 0. The van der Waals surface area contributed by atoms with E-state index in [4.69, 9.17) is 14.2 Å². The molecule has 1 atom stereocenters. The van der Waals surface area contributed by atoms with Crippen molar-refractivity contribution in [1.82, 2.24) is 10.9 Å². The maximum Gasteiger partial charge on any atom is 0.279 e. The van der Waals surface area contributed by atoms with E-state index in [2.05, 4.69) is 26.8 Å². The minimum atomic E-state index is -0.801. The van der Waals surface area contributed by atoms with Crippen LogP contribution in [-0.2, 0) is 4.79 Å². The van der Waals surface area contributed by atoms with Gasteiger partial charge in [0.15, 0.2) is 6.10 Å². The highest BCUT2D eigenvalue weighted by Gasteiger charge is 2.17. The SMILES string of the molecule is COc1cc(OC)cc(C(=O)NNC(=O)[C@H](C)Oc2cccc(Br)c2)c1. The molecule has 2 amide bonds. The van der Waals surface area contributed by atoms with Crippen LogP contribution in [0, 0.1) is 0 Å². The fourth-order valence-corrected chi connectivity index (χ4v) is 2.41. The molecular formula is C18H19BrN2O5. The van der Waals surface area contributed by atoms with Gasteiger partial charge in [-0.05, 0) is 37.3 Å². The van der Waals surface area contributed by atoms with Crippen molar-refractivity contribution in [3.05, 3.63) is 52.5 Å². The Bertz CT molecular complexity index is 775. The molecule has 2 rings (SSSR count). The highest BCUT2D eigenvalue weighted by Crippen LogP contribution is 2.22. The number of methoxy groups -OCH3 is 2. The van der Waals surface area contributed by atoms with E-state index < -0.39 is 17.9 Å². The van der Waals surface area contributed by atoms with Gasteiger partial charge >= 0.3 is 0 Å². The molecule has 2 aromatic rings. The van der Waals surface area contributed by atoms with E-state index in [0.29, 0.717) is 17.2 Å². The number of halogens is 1. The highest BCUT2D eigenvalue weighted by molar-refractivity contribution is 9.10. The zero-order valence-electron chi connectivity index (χ0n) is 14.5. The van der Waals surface area contributed by atoms with E-state index in [0.717, 1.165) is 4.47 Å². The second kappa shape index (κ2) is 9.10. The summed E-state index contributed by atoms with van der Waals surface area (Å²) in [6.45, 7) is 1.58. The Kier molecular flexibility index (Phi) is 6.85. The summed E-state index contributed by atoms with van der Waals surface area (Å²) in [7, 11) is 2.97. The number of ether oxygens (including phenoxy) is 3. The van der Waals surface area contributed by atoms with Crippen LogP contribution in [0.15, 0.2) is 46.9 Å². The smallest absolute Gasteiger partial charge is 0.279 e. The zero-order chi connectivity index (χ0) is 19.1.